The summed E-state index contributed by atoms with van der Waals surface area (Å²) in [6.07, 6.45) is 0.645. The molecule has 7 nitrogen and oxygen atoms in total. The Hall–Kier alpha value is -3.36. The highest BCUT2D eigenvalue weighted by molar-refractivity contribution is 7.89. The number of carboxylic acid groups (broad SMARTS) is 1. The molecular weight excluding hydrogens is 416 g/mol. The number of aryl methyl sites for hydroxylation is 2. The number of nitrogens with two attached hydrogens (primary N) is 1. The number of anilines is 1. The van der Waals surface area contributed by atoms with Crippen LogP contribution in [0.15, 0.2) is 65.6 Å². The van der Waals surface area contributed by atoms with Gasteiger partial charge in [0.2, 0.25) is 10.0 Å². The van der Waals surface area contributed by atoms with Gasteiger partial charge in [0.15, 0.2) is 5.75 Å². The van der Waals surface area contributed by atoms with Crippen molar-refractivity contribution in [2.75, 3.05) is 11.9 Å². The van der Waals surface area contributed by atoms with E-state index in [0.717, 1.165) is 22.8 Å². The van der Waals surface area contributed by atoms with Crippen LogP contribution in [0.3, 0.4) is 0 Å². The Morgan fingerprint density at radius 2 is 1.77 bits per heavy atom. The summed E-state index contributed by atoms with van der Waals surface area (Å²) in [4.78, 5) is 11.2. The van der Waals surface area contributed by atoms with Gasteiger partial charge in [-0.05, 0) is 49.6 Å². The Morgan fingerprint density at radius 3 is 2.39 bits per heavy atom. The Kier molecular flexibility index (Phi) is 6.62. The predicted molar refractivity (Wildman–Crippen MR) is 119 cm³/mol. The maximum atomic E-state index is 12.3. The Bertz CT molecular complexity index is 1210. The second-order valence-electron chi connectivity index (χ2n) is 7.23. The van der Waals surface area contributed by atoms with Crippen LogP contribution in [0.5, 0.6) is 11.5 Å². The average molecular weight is 441 g/mol. The molecule has 0 aromatic heterocycles. The lowest BCUT2D eigenvalue weighted by Gasteiger charge is -2.18. The average Bonchev–Trinajstić information content (AvgIpc) is 2.70. The summed E-state index contributed by atoms with van der Waals surface area (Å²) in [5.74, 6) is -0.855. The van der Waals surface area contributed by atoms with Crippen LogP contribution in [0.25, 0.3) is 0 Å². The molecular formula is C23H24N2O5S. The fourth-order valence-electron chi connectivity index (χ4n) is 3.18. The van der Waals surface area contributed by atoms with E-state index in [9.17, 15) is 18.3 Å². The highest BCUT2D eigenvalue weighted by atomic mass is 32.2. The number of benzene rings is 3. The van der Waals surface area contributed by atoms with Gasteiger partial charge < -0.3 is 15.2 Å². The second kappa shape index (κ2) is 9.20. The van der Waals surface area contributed by atoms with Gasteiger partial charge in [-0.3, -0.25) is 0 Å². The van der Waals surface area contributed by atoms with Crippen LogP contribution in [-0.2, 0) is 16.4 Å². The third kappa shape index (κ3) is 5.62. The summed E-state index contributed by atoms with van der Waals surface area (Å²) in [5, 5.41) is 18.0. The lowest BCUT2D eigenvalue weighted by atomic mass is 10.1. The normalized spacial score (nSPS) is 11.2. The van der Waals surface area contributed by atoms with E-state index in [1.807, 2.05) is 56.3 Å². The van der Waals surface area contributed by atoms with E-state index in [1.165, 1.54) is 6.07 Å². The van der Waals surface area contributed by atoms with Gasteiger partial charge in [0.05, 0.1) is 11.3 Å². The lowest BCUT2D eigenvalue weighted by molar-refractivity contribution is 0.0696. The van der Waals surface area contributed by atoms with E-state index in [-0.39, 0.29) is 17.0 Å². The molecule has 8 heteroatoms. The number of primary sulfonamides is 1. The fourth-order valence-corrected chi connectivity index (χ4v) is 3.88. The summed E-state index contributed by atoms with van der Waals surface area (Å²) in [5.41, 5.74) is 2.93. The van der Waals surface area contributed by atoms with Crippen molar-refractivity contribution in [2.24, 2.45) is 5.14 Å². The number of rotatable bonds is 8. The molecule has 0 heterocycles. The molecule has 0 saturated heterocycles. The van der Waals surface area contributed by atoms with Crippen molar-refractivity contribution in [3.05, 3.63) is 82.9 Å². The first-order valence-corrected chi connectivity index (χ1v) is 11.2. The first kappa shape index (κ1) is 22.3. The van der Waals surface area contributed by atoms with Gasteiger partial charge in [-0.1, -0.05) is 48.0 Å². The third-order valence-corrected chi connectivity index (χ3v) is 5.64. The zero-order chi connectivity index (χ0) is 22.6. The molecule has 0 amide bonds. The number of hydrogen-bond donors (Lipinski definition) is 3. The Balaban J connectivity index is 2.04. The Morgan fingerprint density at radius 1 is 1.06 bits per heavy atom. The van der Waals surface area contributed by atoms with E-state index < -0.39 is 20.9 Å². The van der Waals surface area contributed by atoms with E-state index in [0.29, 0.717) is 18.7 Å². The number of ether oxygens (including phenoxy) is 1. The highest BCUT2D eigenvalue weighted by Gasteiger charge is 2.24. The molecule has 162 valence electrons. The number of sulfonamides is 1. The molecule has 3 rings (SSSR count). The SMILES string of the molecule is Cc1ccc(Oc2c(NCCc3ccccc3)cc(C(=O)O)cc2S(N)(=O)=O)c(C)c1. The Labute approximate surface area is 181 Å². The van der Waals surface area contributed by atoms with Gasteiger partial charge in [0.1, 0.15) is 10.6 Å². The van der Waals surface area contributed by atoms with E-state index in [1.54, 1.807) is 6.07 Å². The minimum absolute atomic E-state index is 0.0347. The third-order valence-electron chi connectivity index (χ3n) is 4.72. The zero-order valence-corrected chi connectivity index (χ0v) is 18.1. The monoisotopic (exact) mass is 440 g/mol. The summed E-state index contributed by atoms with van der Waals surface area (Å²) in [6.45, 7) is 4.21. The van der Waals surface area contributed by atoms with Crippen molar-refractivity contribution in [1.82, 2.24) is 0 Å². The van der Waals surface area contributed by atoms with E-state index in [4.69, 9.17) is 9.88 Å². The van der Waals surface area contributed by atoms with Crippen molar-refractivity contribution in [2.45, 2.75) is 25.2 Å². The fraction of sp³-hybridized carbons (Fsp3) is 0.174. The van der Waals surface area contributed by atoms with Gasteiger partial charge in [-0.15, -0.1) is 0 Å². The van der Waals surface area contributed by atoms with Crippen molar-refractivity contribution >= 4 is 21.7 Å². The van der Waals surface area contributed by atoms with Crippen LogP contribution in [0.1, 0.15) is 27.0 Å². The molecule has 0 spiro atoms. The van der Waals surface area contributed by atoms with Crippen LogP contribution in [0.2, 0.25) is 0 Å². The van der Waals surface area contributed by atoms with Crippen LogP contribution in [0.4, 0.5) is 5.69 Å². The maximum Gasteiger partial charge on any atom is 0.335 e. The van der Waals surface area contributed by atoms with Crippen LogP contribution in [-0.4, -0.2) is 26.0 Å². The van der Waals surface area contributed by atoms with Gasteiger partial charge in [-0.2, -0.15) is 0 Å². The number of aromatic carboxylic acids is 1. The maximum absolute atomic E-state index is 12.3. The van der Waals surface area contributed by atoms with Gasteiger partial charge in [-0.25, -0.2) is 18.4 Å². The van der Waals surface area contributed by atoms with Gasteiger partial charge in [0, 0.05) is 6.54 Å². The molecule has 0 aliphatic carbocycles. The summed E-state index contributed by atoms with van der Waals surface area (Å²) < 4.78 is 30.5. The smallest absolute Gasteiger partial charge is 0.335 e. The van der Waals surface area contributed by atoms with Crippen molar-refractivity contribution in [1.29, 1.82) is 0 Å². The first-order valence-electron chi connectivity index (χ1n) is 9.62. The predicted octanol–water partition coefficient (Wildman–Crippen LogP) is 4.10. The molecule has 0 atom stereocenters. The molecule has 0 bridgehead atoms. The summed E-state index contributed by atoms with van der Waals surface area (Å²) in [6, 6.07) is 17.5. The molecule has 0 saturated carbocycles. The minimum Gasteiger partial charge on any atom is -0.478 e. The molecule has 4 N–H and O–H groups in total. The largest absolute Gasteiger partial charge is 0.478 e. The zero-order valence-electron chi connectivity index (χ0n) is 17.3. The standard InChI is InChI=1S/C23H24N2O5S/c1-15-8-9-20(16(2)12-15)30-22-19(25-11-10-17-6-4-3-5-7-17)13-18(23(26)27)14-21(22)31(24,28)29/h3-9,12-14,25H,10-11H2,1-2H3,(H,26,27)(H2,24,28,29). The van der Waals surface area contributed by atoms with Crippen LogP contribution in [0, 0.1) is 13.8 Å². The minimum atomic E-state index is -4.26. The highest BCUT2D eigenvalue weighted by Crippen LogP contribution is 2.38. The topological polar surface area (TPSA) is 119 Å². The quantitative estimate of drug-likeness (QED) is 0.485. The number of hydrogen-bond acceptors (Lipinski definition) is 5. The second-order valence-corrected chi connectivity index (χ2v) is 8.76. The number of carbonyl (C=O) groups is 1. The molecule has 0 fully saturated rings. The van der Waals surface area contributed by atoms with Crippen molar-refractivity contribution < 1.29 is 23.1 Å². The molecule has 0 radical (unpaired) electrons. The van der Waals surface area contributed by atoms with Crippen LogP contribution < -0.4 is 15.2 Å². The molecule has 3 aromatic carbocycles. The molecule has 0 aliphatic rings. The molecule has 0 aliphatic heterocycles. The molecule has 3 aromatic rings. The van der Waals surface area contributed by atoms with Gasteiger partial charge in [0.25, 0.3) is 0 Å². The van der Waals surface area contributed by atoms with Crippen molar-refractivity contribution in [3.63, 3.8) is 0 Å². The first-order chi connectivity index (χ1) is 14.6. The number of carboxylic acids is 1. The van der Waals surface area contributed by atoms with E-state index in [2.05, 4.69) is 5.32 Å². The summed E-state index contributed by atoms with van der Waals surface area (Å²) in [7, 11) is -4.26. The summed E-state index contributed by atoms with van der Waals surface area (Å²) >= 11 is 0. The molecule has 31 heavy (non-hydrogen) atoms. The van der Waals surface area contributed by atoms with Crippen LogP contribution >= 0.6 is 0 Å². The number of nitrogens with one attached hydrogen (secondary N) is 1. The lowest BCUT2D eigenvalue weighted by Crippen LogP contribution is -2.16. The van der Waals surface area contributed by atoms with Crippen molar-refractivity contribution in [3.8, 4) is 11.5 Å². The molecule has 0 unspecified atom stereocenters. The van der Waals surface area contributed by atoms with Gasteiger partial charge >= 0.3 is 5.97 Å². The van der Waals surface area contributed by atoms with E-state index >= 15 is 0 Å².